The van der Waals surface area contributed by atoms with Gasteiger partial charge in [-0.25, -0.2) is 4.79 Å². The zero-order valence-electron chi connectivity index (χ0n) is 16.0. The number of aliphatic hydroxyl groups is 1. The van der Waals surface area contributed by atoms with E-state index in [9.17, 15) is 19.5 Å². The summed E-state index contributed by atoms with van der Waals surface area (Å²) in [4.78, 5) is 38.5. The number of Topliss-reactive ketones (excluding diaryl/α,β-unsaturated/α-hetero) is 2. The Labute approximate surface area is 161 Å². The maximum atomic E-state index is 13.4. The van der Waals surface area contributed by atoms with E-state index in [4.69, 9.17) is 13.9 Å². The van der Waals surface area contributed by atoms with Gasteiger partial charge in [-0.3, -0.25) is 9.59 Å². The van der Waals surface area contributed by atoms with Crippen LogP contribution in [-0.2, 0) is 19.7 Å². The highest BCUT2D eigenvalue weighted by Gasteiger charge is 2.63. The predicted octanol–water partition coefficient (Wildman–Crippen LogP) is 1.97. The van der Waals surface area contributed by atoms with Gasteiger partial charge in [-0.05, 0) is 25.3 Å². The van der Waals surface area contributed by atoms with Gasteiger partial charge in [0.05, 0.1) is 18.1 Å². The molecule has 5 rings (SSSR count). The van der Waals surface area contributed by atoms with Crippen LogP contribution in [0, 0.1) is 11.3 Å². The third kappa shape index (κ3) is 1.84. The quantitative estimate of drug-likeness (QED) is 0.775. The number of carbonyl (C=O) groups is 3. The molecule has 4 aliphatic rings. The van der Waals surface area contributed by atoms with E-state index in [-0.39, 0.29) is 41.8 Å². The molecule has 0 unspecified atom stereocenters. The zero-order chi connectivity index (χ0) is 20.0. The van der Waals surface area contributed by atoms with Gasteiger partial charge >= 0.3 is 5.97 Å². The molecule has 2 heterocycles. The van der Waals surface area contributed by atoms with Crippen molar-refractivity contribution in [3.05, 3.63) is 34.3 Å². The summed E-state index contributed by atoms with van der Waals surface area (Å²) >= 11 is 0. The first-order chi connectivity index (χ1) is 13.2. The molecule has 28 heavy (non-hydrogen) atoms. The van der Waals surface area contributed by atoms with Gasteiger partial charge in [-0.2, -0.15) is 0 Å². The van der Waals surface area contributed by atoms with Crippen molar-refractivity contribution in [2.24, 2.45) is 11.3 Å². The van der Waals surface area contributed by atoms with E-state index in [1.165, 1.54) is 13.4 Å². The fourth-order valence-corrected chi connectivity index (χ4v) is 6.02. The number of carbonyl (C=O) groups excluding carboxylic acids is 3. The Hall–Kier alpha value is -2.25. The monoisotopic (exact) mass is 386 g/mol. The third-order valence-corrected chi connectivity index (χ3v) is 7.41. The Balaban J connectivity index is 1.82. The summed E-state index contributed by atoms with van der Waals surface area (Å²) < 4.78 is 16.5. The number of furan rings is 1. The van der Waals surface area contributed by atoms with Crippen LogP contribution in [0.5, 0.6) is 0 Å². The zero-order valence-corrected chi connectivity index (χ0v) is 16.0. The molecule has 0 radical (unpaired) electrons. The summed E-state index contributed by atoms with van der Waals surface area (Å²) in [6.45, 7) is 3.82. The van der Waals surface area contributed by atoms with E-state index in [1.54, 1.807) is 0 Å². The smallest absolute Gasteiger partial charge is 0.342 e. The summed E-state index contributed by atoms with van der Waals surface area (Å²) in [5.41, 5.74) is -0.00741. The first-order valence-corrected chi connectivity index (χ1v) is 9.57. The molecule has 1 aromatic rings. The molecule has 1 saturated carbocycles. The van der Waals surface area contributed by atoms with E-state index in [2.05, 4.69) is 0 Å². The summed E-state index contributed by atoms with van der Waals surface area (Å²) in [6, 6.07) is 0. The van der Waals surface area contributed by atoms with Crippen LogP contribution in [-0.4, -0.2) is 48.6 Å². The fraction of sp³-hybridized carbons (Fsp3) is 0.571. The molecule has 148 valence electrons. The van der Waals surface area contributed by atoms with E-state index < -0.39 is 29.0 Å². The maximum Gasteiger partial charge on any atom is 0.342 e. The molecule has 1 aliphatic heterocycles. The second-order valence-electron chi connectivity index (χ2n) is 8.71. The van der Waals surface area contributed by atoms with Crippen LogP contribution in [0.2, 0.25) is 0 Å². The van der Waals surface area contributed by atoms with E-state index in [1.807, 2.05) is 13.8 Å². The first-order valence-electron chi connectivity index (χ1n) is 9.57. The van der Waals surface area contributed by atoms with Crippen LogP contribution in [0.1, 0.15) is 59.6 Å². The van der Waals surface area contributed by atoms with Crippen molar-refractivity contribution in [1.29, 1.82) is 0 Å². The van der Waals surface area contributed by atoms with Crippen molar-refractivity contribution in [3.8, 4) is 0 Å². The molecule has 1 N–H and O–H groups in total. The molecule has 0 amide bonds. The highest BCUT2D eigenvalue weighted by Crippen LogP contribution is 2.60. The largest absolute Gasteiger partial charge is 0.460 e. The topological polar surface area (TPSA) is 103 Å². The van der Waals surface area contributed by atoms with Crippen molar-refractivity contribution in [2.45, 2.75) is 50.7 Å². The average Bonchev–Trinajstić information content (AvgIpc) is 3.21. The average molecular weight is 386 g/mol. The van der Waals surface area contributed by atoms with Crippen LogP contribution < -0.4 is 0 Å². The van der Waals surface area contributed by atoms with Gasteiger partial charge in [-0.15, -0.1) is 0 Å². The van der Waals surface area contributed by atoms with Crippen LogP contribution in [0.4, 0.5) is 0 Å². The predicted molar refractivity (Wildman–Crippen MR) is 95.0 cm³/mol. The maximum absolute atomic E-state index is 13.4. The molecule has 0 spiro atoms. The van der Waals surface area contributed by atoms with Gasteiger partial charge in [-0.1, -0.05) is 6.92 Å². The molecule has 5 atom stereocenters. The molecule has 0 aromatic carbocycles. The number of cyclic esters (lactones) is 1. The number of rotatable bonds is 2. The SMILES string of the molecule is COC[C@@H]1OC(=O)c2coc3c2[C@]1(C)C1=C(C3=O)[C@@H]2CCC(=O)[C@@]2(C)C[C@@H]1O. The van der Waals surface area contributed by atoms with E-state index in [0.29, 0.717) is 29.6 Å². The minimum atomic E-state index is -0.987. The molecule has 7 nitrogen and oxygen atoms in total. The number of aliphatic hydroxyl groups excluding tert-OH is 1. The number of hydrogen-bond acceptors (Lipinski definition) is 7. The van der Waals surface area contributed by atoms with E-state index >= 15 is 0 Å². The summed E-state index contributed by atoms with van der Waals surface area (Å²) in [5, 5.41) is 11.2. The lowest BCUT2D eigenvalue weighted by atomic mass is 9.54. The Morgan fingerprint density at radius 1 is 1.29 bits per heavy atom. The van der Waals surface area contributed by atoms with Crippen LogP contribution >= 0.6 is 0 Å². The third-order valence-electron chi connectivity index (χ3n) is 7.41. The van der Waals surface area contributed by atoms with Gasteiger partial charge < -0.3 is 19.0 Å². The molecule has 7 heteroatoms. The van der Waals surface area contributed by atoms with E-state index in [0.717, 1.165) is 0 Å². The Morgan fingerprint density at radius 3 is 2.75 bits per heavy atom. The molecular weight excluding hydrogens is 364 g/mol. The summed E-state index contributed by atoms with van der Waals surface area (Å²) in [7, 11) is 1.51. The van der Waals surface area contributed by atoms with Crippen LogP contribution in [0.25, 0.3) is 0 Å². The highest BCUT2D eigenvalue weighted by molar-refractivity contribution is 6.14. The lowest BCUT2D eigenvalue weighted by Gasteiger charge is -2.51. The van der Waals surface area contributed by atoms with Crippen LogP contribution in [0.15, 0.2) is 21.8 Å². The molecule has 1 fully saturated rings. The highest BCUT2D eigenvalue weighted by atomic mass is 16.6. The molecule has 0 saturated heterocycles. The van der Waals surface area contributed by atoms with Crippen molar-refractivity contribution < 1.29 is 33.4 Å². The van der Waals surface area contributed by atoms with Gasteiger partial charge in [0.25, 0.3) is 0 Å². The normalized spacial score (nSPS) is 38.9. The van der Waals surface area contributed by atoms with Gasteiger partial charge in [0.1, 0.15) is 23.7 Å². The molecule has 3 aliphatic carbocycles. The lowest BCUT2D eigenvalue weighted by Crippen LogP contribution is -2.56. The van der Waals surface area contributed by atoms with Gasteiger partial charge in [0.2, 0.25) is 5.78 Å². The van der Waals surface area contributed by atoms with Crippen molar-refractivity contribution in [2.75, 3.05) is 13.7 Å². The van der Waals surface area contributed by atoms with Gasteiger partial charge in [0.15, 0.2) is 5.76 Å². The lowest BCUT2D eigenvalue weighted by molar-refractivity contribution is -0.128. The minimum Gasteiger partial charge on any atom is -0.460 e. The van der Waals surface area contributed by atoms with Crippen LogP contribution in [0.3, 0.4) is 0 Å². The second kappa shape index (κ2) is 5.42. The minimum absolute atomic E-state index is 0.0792. The fourth-order valence-electron chi connectivity index (χ4n) is 6.02. The summed E-state index contributed by atoms with van der Waals surface area (Å²) in [6.07, 6.45) is 0.786. The molecule has 0 bridgehead atoms. The van der Waals surface area contributed by atoms with Crippen molar-refractivity contribution in [1.82, 2.24) is 0 Å². The number of ether oxygens (including phenoxy) is 2. The number of hydrogen-bond donors (Lipinski definition) is 1. The Morgan fingerprint density at radius 2 is 2.04 bits per heavy atom. The van der Waals surface area contributed by atoms with Crippen molar-refractivity contribution >= 4 is 17.5 Å². The van der Waals surface area contributed by atoms with Crippen molar-refractivity contribution in [3.63, 3.8) is 0 Å². The van der Waals surface area contributed by atoms with Gasteiger partial charge in [0, 0.05) is 36.0 Å². The molecule has 1 aromatic heterocycles. The summed E-state index contributed by atoms with van der Waals surface area (Å²) in [5.74, 6) is -0.970. The number of ketones is 2. The standard InChI is InChI=1S/C21H22O7/c1-20-6-11(22)16-14(10(20)4-5-12(20)23)17(24)18-15-9(7-27-18)19(25)28-13(8-26-3)21(15,16)2/h7,10-11,13,22H,4-6,8H2,1-3H3/t10-,11-,13-,20-,21+/m0/s1. The number of fused-ring (bicyclic) bond motifs is 3. The number of methoxy groups -OCH3 is 1. The molecular formula is C21H22O7. The second-order valence-corrected chi connectivity index (χ2v) is 8.71. The Bertz CT molecular complexity index is 969. The Kier molecular flexibility index (Phi) is 3.45. The number of esters is 1. The first kappa shape index (κ1) is 17.8. The number of allylic oxidation sites excluding steroid dienone is 1.